The van der Waals surface area contributed by atoms with Crippen LogP contribution < -0.4 is 4.74 Å². The summed E-state index contributed by atoms with van der Waals surface area (Å²) < 4.78 is 18.8. The molecular weight excluding hydrogens is 459 g/mol. The molecule has 0 radical (unpaired) electrons. The van der Waals surface area contributed by atoms with Crippen molar-refractivity contribution < 1.29 is 23.8 Å². The second kappa shape index (κ2) is 9.34. The lowest BCUT2D eigenvalue weighted by Gasteiger charge is -2.25. The summed E-state index contributed by atoms with van der Waals surface area (Å²) in [5.41, 5.74) is 3.93. The number of methoxy groups -OCH3 is 1. The molecule has 1 amide bonds. The third kappa shape index (κ3) is 4.13. The molecule has 1 atom stereocenters. The molecule has 3 aromatic carbocycles. The second-order valence-corrected chi connectivity index (χ2v) is 8.89. The van der Waals surface area contributed by atoms with Gasteiger partial charge in [0.1, 0.15) is 17.3 Å². The van der Waals surface area contributed by atoms with Gasteiger partial charge < -0.3 is 19.7 Å². The van der Waals surface area contributed by atoms with Gasteiger partial charge in [0.15, 0.2) is 0 Å². The Balaban J connectivity index is 1.55. The standard InChI is InChI=1S/C29H25FN2O4/c1-17-3-5-18(6-4-17)26-25(27(33)19-7-9-21(30)10-8-19)28(34)29(35)32(26)14-13-20-16-31-24-12-11-22(36-2)15-23(20)24/h3-12,15-16,26,31,33H,13-14H2,1-2H3/t26-/m1/s1. The molecule has 0 bridgehead atoms. The van der Waals surface area contributed by atoms with Gasteiger partial charge in [0.05, 0.1) is 18.7 Å². The highest BCUT2D eigenvalue weighted by Gasteiger charge is 2.45. The number of aliphatic hydroxyl groups is 1. The average molecular weight is 485 g/mol. The van der Waals surface area contributed by atoms with Gasteiger partial charge in [-0.05, 0) is 66.9 Å². The topological polar surface area (TPSA) is 82.6 Å². The highest BCUT2D eigenvalue weighted by Crippen LogP contribution is 2.39. The van der Waals surface area contributed by atoms with E-state index in [0.717, 1.165) is 27.8 Å². The van der Waals surface area contributed by atoms with Crippen LogP contribution in [-0.4, -0.2) is 40.3 Å². The van der Waals surface area contributed by atoms with Crippen LogP contribution in [-0.2, 0) is 16.0 Å². The van der Waals surface area contributed by atoms with Gasteiger partial charge in [0.25, 0.3) is 11.7 Å². The van der Waals surface area contributed by atoms with E-state index in [9.17, 15) is 19.1 Å². The van der Waals surface area contributed by atoms with Crippen molar-refractivity contribution in [3.05, 3.63) is 107 Å². The number of nitrogens with one attached hydrogen (secondary N) is 1. The zero-order valence-electron chi connectivity index (χ0n) is 19.9. The van der Waals surface area contributed by atoms with Crippen LogP contribution in [0.15, 0.2) is 78.5 Å². The number of ketones is 1. The lowest BCUT2D eigenvalue weighted by molar-refractivity contribution is -0.139. The molecule has 0 saturated carbocycles. The van der Waals surface area contributed by atoms with Crippen molar-refractivity contribution in [2.75, 3.05) is 13.7 Å². The fourth-order valence-electron chi connectivity index (χ4n) is 4.70. The van der Waals surface area contributed by atoms with Gasteiger partial charge in [-0.2, -0.15) is 0 Å². The van der Waals surface area contributed by atoms with Gasteiger partial charge in [-0.15, -0.1) is 0 Å². The molecule has 6 nitrogen and oxygen atoms in total. The van der Waals surface area contributed by atoms with Crippen molar-refractivity contribution >= 4 is 28.4 Å². The number of aliphatic hydroxyl groups excluding tert-OH is 1. The molecule has 7 heteroatoms. The zero-order chi connectivity index (χ0) is 25.4. The Morgan fingerprint density at radius 1 is 1.06 bits per heavy atom. The van der Waals surface area contributed by atoms with Crippen LogP contribution in [0.1, 0.15) is 28.3 Å². The Morgan fingerprint density at radius 3 is 2.47 bits per heavy atom. The number of likely N-dealkylation sites (tertiary alicyclic amines) is 1. The second-order valence-electron chi connectivity index (χ2n) is 8.89. The summed E-state index contributed by atoms with van der Waals surface area (Å²) in [5, 5.41) is 12.1. The Bertz CT molecular complexity index is 1490. The average Bonchev–Trinajstić information content (AvgIpc) is 3.40. The predicted molar refractivity (Wildman–Crippen MR) is 135 cm³/mol. The highest BCUT2D eigenvalue weighted by atomic mass is 19.1. The van der Waals surface area contributed by atoms with Crippen molar-refractivity contribution in [3.8, 4) is 5.75 Å². The van der Waals surface area contributed by atoms with Crippen molar-refractivity contribution in [1.29, 1.82) is 0 Å². The van der Waals surface area contributed by atoms with Gasteiger partial charge in [-0.1, -0.05) is 29.8 Å². The first-order valence-corrected chi connectivity index (χ1v) is 11.6. The van der Waals surface area contributed by atoms with E-state index in [1.807, 2.05) is 55.6 Å². The molecule has 4 aromatic rings. The van der Waals surface area contributed by atoms with Crippen LogP contribution in [0.4, 0.5) is 4.39 Å². The molecule has 1 aliphatic heterocycles. The van der Waals surface area contributed by atoms with Crippen LogP contribution in [0.3, 0.4) is 0 Å². The van der Waals surface area contributed by atoms with Crippen LogP contribution in [0.5, 0.6) is 5.75 Å². The minimum absolute atomic E-state index is 0.00365. The molecule has 0 spiro atoms. The number of aromatic amines is 1. The summed E-state index contributed by atoms with van der Waals surface area (Å²) in [7, 11) is 1.61. The Hall–Kier alpha value is -4.39. The maximum atomic E-state index is 13.5. The third-order valence-corrected chi connectivity index (χ3v) is 6.65. The fourth-order valence-corrected chi connectivity index (χ4v) is 4.70. The largest absolute Gasteiger partial charge is 0.507 e. The number of ether oxygens (including phenoxy) is 1. The Labute approximate surface area is 207 Å². The first-order chi connectivity index (χ1) is 17.4. The molecule has 182 valence electrons. The molecule has 2 heterocycles. The number of fused-ring (bicyclic) bond motifs is 1. The number of carbonyl (C=O) groups is 2. The van der Waals surface area contributed by atoms with Crippen LogP contribution in [0.25, 0.3) is 16.7 Å². The summed E-state index contributed by atoms with van der Waals surface area (Å²) in [5.74, 6) is -1.50. The molecule has 1 aliphatic rings. The molecule has 0 unspecified atom stereocenters. The van der Waals surface area contributed by atoms with Gasteiger partial charge in [-0.25, -0.2) is 4.39 Å². The predicted octanol–water partition coefficient (Wildman–Crippen LogP) is 5.29. The molecule has 2 N–H and O–H groups in total. The Kier molecular flexibility index (Phi) is 6.06. The SMILES string of the molecule is COc1ccc2[nH]cc(CCN3C(=O)C(=O)C(=C(O)c4ccc(F)cc4)[C@H]3c3ccc(C)cc3)c2c1. The first kappa shape index (κ1) is 23.4. The smallest absolute Gasteiger partial charge is 0.295 e. The van der Waals surface area contributed by atoms with Crippen molar-refractivity contribution in [2.24, 2.45) is 0 Å². The number of aryl methyl sites for hydroxylation is 1. The molecule has 0 aliphatic carbocycles. The fraction of sp³-hybridized carbons (Fsp3) is 0.172. The maximum absolute atomic E-state index is 13.5. The van der Waals surface area contributed by atoms with Crippen LogP contribution in [0.2, 0.25) is 0 Å². The number of benzene rings is 3. The van der Waals surface area contributed by atoms with E-state index >= 15 is 0 Å². The summed E-state index contributed by atoms with van der Waals surface area (Å²) in [6.45, 7) is 2.21. The van der Waals surface area contributed by atoms with Gasteiger partial charge in [-0.3, -0.25) is 9.59 Å². The molecule has 1 saturated heterocycles. The van der Waals surface area contributed by atoms with Gasteiger partial charge >= 0.3 is 0 Å². The monoisotopic (exact) mass is 484 g/mol. The summed E-state index contributed by atoms with van der Waals surface area (Å²) in [6.07, 6.45) is 2.37. The lowest BCUT2D eigenvalue weighted by Crippen LogP contribution is -2.31. The number of halogens is 1. The molecule has 1 fully saturated rings. The van der Waals surface area contributed by atoms with Gasteiger partial charge in [0.2, 0.25) is 0 Å². The molecule has 1 aromatic heterocycles. The maximum Gasteiger partial charge on any atom is 0.295 e. The number of amides is 1. The van der Waals surface area contributed by atoms with Crippen molar-refractivity contribution in [3.63, 3.8) is 0 Å². The van der Waals surface area contributed by atoms with E-state index in [-0.39, 0.29) is 23.4 Å². The molecule has 5 rings (SSSR count). The highest BCUT2D eigenvalue weighted by molar-refractivity contribution is 6.46. The quantitative estimate of drug-likeness (QED) is 0.221. The van der Waals surface area contributed by atoms with E-state index in [1.54, 1.807) is 7.11 Å². The number of hydrogen-bond acceptors (Lipinski definition) is 4. The van der Waals surface area contributed by atoms with E-state index in [2.05, 4.69) is 4.98 Å². The molecule has 36 heavy (non-hydrogen) atoms. The summed E-state index contributed by atoms with van der Waals surface area (Å²) >= 11 is 0. The zero-order valence-corrected chi connectivity index (χ0v) is 19.9. The minimum Gasteiger partial charge on any atom is -0.507 e. The van der Waals surface area contributed by atoms with E-state index in [1.165, 1.54) is 29.2 Å². The van der Waals surface area contributed by atoms with Crippen LogP contribution >= 0.6 is 0 Å². The van der Waals surface area contributed by atoms with Gasteiger partial charge in [0, 0.05) is 29.2 Å². The first-order valence-electron chi connectivity index (χ1n) is 11.6. The number of hydrogen-bond donors (Lipinski definition) is 2. The third-order valence-electron chi connectivity index (χ3n) is 6.65. The Morgan fingerprint density at radius 2 is 1.78 bits per heavy atom. The summed E-state index contributed by atoms with van der Waals surface area (Å²) in [4.78, 5) is 31.2. The number of aromatic nitrogens is 1. The lowest BCUT2D eigenvalue weighted by atomic mass is 9.94. The van der Waals surface area contributed by atoms with E-state index < -0.39 is 23.5 Å². The number of Topliss-reactive ketones (excluding diaryl/α,β-unsaturated/α-hetero) is 1. The van der Waals surface area contributed by atoms with E-state index in [4.69, 9.17) is 4.74 Å². The number of rotatable bonds is 6. The number of nitrogens with zero attached hydrogens (tertiary/aromatic N) is 1. The van der Waals surface area contributed by atoms with E-state index in [0.29, 0.717) is 12.0 Å². The molecular formula is C29H25FN2O4. The number of H-pyrrole nitrogens is 1. The van der Waals surface area contributed by atoms with Crippen LogP contribution in [0, 0.1) is 12.7 Å². The number of carbonyl (C=O) groups excluding carboxylic acids is 2. The van der Waals surface area contributed by atoms with Crippen molar-refractivity contribution in [1.82, 2.24) is 9.88 Å². The van der Waals surface area contributed by atoms with Crippen molar-refractivity contribution in [2.45, 2.75) is 19.4 Å². The minimum atomic E-state index is -0.768. The normalized spacial score (nSPS) is 17.2. The summed E-state index contributed by atoms with van der Waals surface area (Å²) in [6, 6.07) is 17.7.